The van der Waals surface area contributed by atoms with E-state index in [1.807, 2.05) is 12.1 Å². The van der Waals surface area contributed by atoms with Gasteiger partial charge in [-0.25, -0.2) is 4.39 Å². The highest BCUT2D eigenvalue weighted by molar-refractivity contribution is 5.22. The number of hydrogen-bond donors (Lipinski definition) is 0. The maximum atomic E-state index is 13.1. The SMILES string of the molecule is Cc1ccc(CN2CCC(CN3CCC(c4ccc(F)cc4)CC3)C2)cc1. The summed E-state index contributed by atoms with van der Waals surface area (Å²) in [6.07, 6.45) is 3.72. The second-order valence-electron chi connectivity index (χ2n) is 8.50. The molecule has 0 saturated carbocycles. The van der Waals surface area contributed by atoms with Crippen LogP contribution >= 0.6 is 0 Å². The fourth-order valence-electron chi connectivity index (χ4n) is 4.71. The predicted molar refractivity (Wildman–Crippen MR) is 109 cm³/mol. The summed E-state index contributed by atoms with van der Waals surface area (Å²) in [5.41, 5.74) is 4.07. The Morgan fingerprint density at radius 2 is 1.52 bits per heavy atom. The van der Waals surface area contributed by atoms with E-state index in [0.717, 1.165) is 12.5 Å². The van der Waals surface area contributed by atoms with Crippen molar-refractivity contribution in [2.24, 2.45) is 5.92 Å². The second kappa shape index (κ2) is 8.53. The van der Waals surface area contributed by atoms with Crippen molar-refractivity contribution in [1.29, 1.82) is 0 Å². The second-order valence-corrected chi connectivity index (χ2v) is 8.50. The Kier molecular flexibility index (Phi) is 5.89. The minimum Gasteiger partial charge on any atom is -0.303 e. The van der Waals surface area contributed by atoms with Gasteiger partial charge in [0.2, 0.25) is 0 Å². The van der Waals surface area contributed by atoms with Gasteiger partial charge in [0.15, 0.2) is 0 Å². The largest absolute Gasteiger partial charge is 0.303 e. The maximum Gasteiger partial charge on any atom is 0.123 e. The molecular weight excluding hydrogens is 335 g/mol. The molecule has 0 aromatic heterocycles. The summed E-state index contributed by atoms with van der Waals surface area (Å²) in [6, 6.07) is 16.1. The highest BCUT2D eigenvalue weighted by Crippen LogP contribution is 2.29. The van der Waals surface area contributed by atoms with E-state index in [-0.39, 0.29) is 5.82 Å². The summed E-state index contributed by atoms with van der Waals surface area (Å²) in [4.78, 5) is 5.26. The molecule has 0 bridgehead atoms. The molecule has 2 aliphatic heterocycles. The van der Waals surface area contributed by atoms with Gasteiger partial charge in [0.05, 0.1) is 0 Å². The van der Waals surface area contributed by atoms with Gasteiger partial charge in [-0.1, -0.05) is 42.0 Å². The van der Waals surface area contributed by atoms with E-state index in [4.69, 9.17) is 0 Å². The minimum absolute atomic E-state index is 0.132. The summed E-state index contributed by atoms with van der Waals surface area (Å²) >= 11 is 0. The molecule has 2 nitrogen and oxygen atoms in total. The van der Waals surface area contributed by atoms with Crippen LogP contribution < -0.4 is 0 Å². The molecule has 2 saturated heterocycles. The molecule has 144 valence electrons. The molecule has 2 aromatic carbocycles. The summed E-state index contributed by atoms with van der Waals surface area (Å²) in [5.74, 6) is 1.27. The number of aryl methyl sites for hydroxylation is 1. The quantitative estimate of drug-likeness (QED) is 0.747. The predicted octanol–water partition coefficient (Wildman–Crippen LogP) is 4.84. The average molecular weight is 367 g/mol. The molecule has 0 amide bonds. The van der Waals surface area contributed by atoms with Gasteiger partial charge in [0.25, 0.3) is 0 Å². The van der Waals surface area contributed by atoms with Gasteiger partial charge in [-0.15, -0.1) is 0 Å². The van der Waals surface area contributed by atoms with Gasteiger partial charge in [0.1, 0.15) is 5.82 Å². The third kappa shape index (κ3) is 4.97. The van der Waals surface area contributed by atoms with Crippen molar-refractivity contribution in [2.75, 3.05) is 32.7 Å². The summed E-state index contributed by atoms with van der Waals surface area (Å²) in [5, 5.41) is 0. The summed E-state index contributed by atoms with van der Waals surface area (Å²) in [6.45, 7) is 9.28. The fourth-order valence-corrected chi connectivity index (χ4v) is 4.71. The van der Waals surface area contributed by atoms with Gasteiger partial charge < -0.3 is 4.90 Å². The average Bonchev–Trinajstić information content (AvgIpc) is 3.12. The van der Waals surface area contributed by atoms with Gasteiger partial charge in [0, 0.05) is 19.6 Å². The minimum atomic E-state index is -0.132. The van der Waals surface area contributed by atoms with E-state index in [9.17, 15) is 4.39 Å². The lowest BCUT2D eigenvalue weighted by molar-refractivity contribution is 0.181. The van der Waals surface area contributed by atoms with Crippen LogP contribution in [-0.4, -0.2) is 42.5 Å². The molecule has 0 aliphatic carbocycles. The lowest BCUT2D eigenvalue weighted by atomic mass is 9.89. The Bertz CT molecular complexity index is 717. The Hall–Kier alpha value is -1.71. The monoisotopic (exact) mass is 366 g/mol. The number of halogens is 1. The van der Waals surface area contributed by atoms with Crippen LogP contribution in [0, 0.1) is 18.7 Å². The van der Waals surface area contributed by atoms with Crippen LogP contribution in [0.1, 0.15) is 41.9 Å². The first-order chi connectivity index (χ1) is 13.2. The van der Waals surface area contributed by atoms with Crippen LogP contribution in [0.2, 0.25) is 0 Å². The zero-order chi connectivity index (χ0) is 18.6. The number of rotatable bonds is 5. The van der Waals surface area contributed by atoms with Crippen molar-refractivity contribution in [1.82, 2.24) is 9.80 Å². The molecule has 0 radical (unpaired) electrons. The van der Waals surface area contributed by atoms with E-state index in [0.29, 0.717) is 5.92 Å². The lowest BCUT2D eigenvalue weighted by Gasteiger charge is -2.33. The van der Waals surface area contributed by atoms with E-state index < -0.39 is 0 Å². The molecule has 27 heavy (non-hydrogen) atoms. The Balaban J connectivity index is 1.21. The standard InChI is InChI=1S/C24H31FN2/c1-19-2-4-20(5-3-19)16-27-13-10-21(18-27)17-26-14-11-23(12-15-26)22-6-8-24(25)9-7-22/h2-9,21,23H,10-18H2,1H3. The van der Waals surface area contributed by atoms with Crippen molar-refractivity contribution in [3.05, 3.63) is 71.0 Å². The highest BCUT2D eigenvalue weighted by atomic mass is 19.1. The number of piperidine rings is 1. The molecule has 2 aliphatic rings. The molecule has 2 heterocycles. The summed E-state index contributed by atoms with van der Waals surface area (Å²) < 4.78 is 13.1. The number of nitrogens with zero attached hydrogens (tertiary/aromatic N) is 2. The number of hydrogen-bond acceptors (Lipinski definition) is 2. The Labute approximate surface area is 163 Å². The van der Waals surface area contributed by atoms with E-state index >= 15 is 0 Å². The van der Waals surface area contributed by atoms with Gasteiger partial charge in [-0.3, -0.25) is 4.90 Å². The Morgan fingerprint density at radius 3 is 2.22 bits per heavy atom. The molecule has 4 rings (SSSR count). The van der Waals surface area contributed by atoms with Crippen molar-refractivity contribution in [2.45, 2.75) is 38.6 Å². The fraction of sp³-hybridized carbons (Fsp3) is 0.500. The molecule has 2 fully saturated rings. The zero-order valence-corrected chi connectivity index (χ0v) is 16.4. The van der Waals surface area contributed by atoms with Gasteiger partial charge >= 0.3 is 0 Å². The van der Waals surface area contributed by atoms with Crippen LogP contribution in [-0.2, 0) is 6.54 Å². The molecule has 1 unspecified atom stereocenters. The Morgan fingerprint density at radius 1 is 0.852 bits per heavy atom. The number of likely N-dealkylation sites (tertiary alicyclic amines) is 2. The van der Waals surface area contributed by atoms with E-state index in [2.05, 4.69) is 41.0 Å². The zero-order valence-electron chi connectivity index (χ0n) is 16.4. The van der Waals surface area contributed by atoms with Crippen molar-refractivity contribution < 1.29 is 4.39 Å². The van der Waals surface area contributed by atoms with Crippen LogP contribution in [0.25, 0.3) is 0 Å². The molecule has 1 atom stereocenters. The third-order valence-corrected chi connectivity index (χ3v) is 6.34. The maximum absolute atomic E-state index is 13.1. The summed E-state index contributed by atoms with van der Waals surface area (Å²) in [7, 11) is 0. The van der Waals surface area contributed by atoms with Gasteiger partial charge in [-0.05, 0) is 80.9 Å². The first kappa shape index (κ1) is 18.6. The van der Waals surface area contributed by atoms with Gasteiger partial charge in [-0.2, -0.15) is 0 Å². The van der Waals surface area contributed by atoms with Crippen molar-refractivity contribution in [3.63, 3.8) is 0 Å². The lowest BCUT2D eigenvalue weighted by Crippen LogP contribution is -2.37. The van der Waals surface area contributed by atoms with Crippen LogP contribution in [0.5, 0.6) is 0 Å². The van der Waals surface area contributed by atoms with E-state index in [1.165, 1.54) is 68.7 Å². The van der Waals surface area contributed by atoms with Crippen LogP contribution in [0.4, 0.5) is 4.39 Å². The third-order valence-electron chi connectivity index (χ3n) is 6.34. The smallest absolute Gasteiger partial charge is 0.123 e. The van der Waals surface area contributed by atoms with E-state index in [1.54, 1.807) is 12.1 Å². The first-order valence-electron chi connectivity index (χ1n) is 10.4. The number of benzene rings is 2. The topological polar surface area (TPSA) is 6.48 Å². The highest BCUT2D eigenvalue weighted by Gasteiger charge is 2.27. The normalized spacial score (nSPS) is 22.4. The van der Waals surface area contributed by atoms with Crippen LogP contribution in [0.3, 0.4) is 0 Å². The molecule has 0 N–H and O–H groups in total. The van der Waals surface area contributed by atoms with Crippen molar-refractivity contribution >= 4 is 0 Å². The molecule has 0 spiro atoms. The first-order valence-corrected chi connectivity index (χ1v) is 10.4. The van der Waals surface area contributed by atoms with Crippen molar-refractivity contribution in [3.8, 4) is 0 Å². The molecular formula is C24H31FN2. The van der Waals surface area contributed by atoms with Crippen LogP contribution in [0.15, 0.2) is 48.5 Å². The molecule has 3 heteroatoms. The molecule has 2 aromatic rings.